The van der Waals surface area contributed by atoms with Gasteiger partial charge in [-0.3, -0.25) is 4.79 Å². The van der Waals surface area contributed by atoms with Crippen LogP contribution in [0.3, 0.4) is 0 Å². The molecule has 2 fully saturated rings. The lowest BCUT2D eigenvalue weighted by Gasteiger charge is -2.30. The molecule has 2 aliphatic heterocycles. The predicted molar refractivity (Wildman–Crippen MR) is 109 cm³/mol. The number of thiophene rings is 1. The number of hydrogen-bond donors (Lipinski definition) is 3. The van der Waals surface area contributed by atoms with E-state index in [1.165, 1.54) is 28.2 Å². The van der Waals surface area contributed by atoms with E-state index in [0.29, 0.717) is 18.6 Å². The first-order valence-electron chi connectivity index (χ1n) is 10.3. The maximum Gasteiger partial charge on any atom is 0.275 e. The summed E-state index contributed by atoms with van der Waals surface area (Å²) in [7, 11) is 0. The Balaban J connectivity index is 1.21. The van der Waals surface area contributed by atoms with Crippen molar-refractivity contribution in [2.75, 3.05) is 26.2 Å². The number of amides is 1. The first-order valence-corrected chi connectivity index (χ1v) is 11.2. The Morgan fingerprint density at radius 3 is 2.59 bits per heavy atom. The molecule has 1 unspecified atom stereocenters. The number of rotatable bonds is 6. The van der Waals surface area contributed by atoms with Crippen LogP contribution < -0.4 is 15.1 Å². The molecule has 3 N–H and O–H groups in total. The van der Waals surface area contributed by atoms with Crippen LogP contribution in [0.25, 0.3) is 0 Å². The monoisotopic (exact) mass is 385 g/mol. The van der Waals surface area contributed by atoms with Gasteiger partial charge in [-0.15, -0.1) is 11.3 Å². The van der Waals surface area contributed by atoms with E-state index in [1.807, 2.05) is 11.3 Å². The normalized spacial score (nSPS) is 28.1. The average molecular weight is 386 g/mol. The van der Waals surface area contributed by atoms with Gasteiger partial charge in [-0.05, 0) is 11.4 Å². The van der Waals surface area contributed by atoms with Gasteiger partial charge < -0.3 is 15.1 Å². The highest BCUT2D eigenvalue weighted by Crippen LogP contribution is 2.23. The largest absolute Gasteiger partial charge is 0.348 e. The van der Waals surface area contributed by atoms with Gasteiger partial charge in [-0.1, -0.05) is 36.4 Å². The van der Waals surface area contributed by atoms with Gasteiger partial charge in [0.25, 0.3) is 5.91 Å². The summed E-state index contributed by atoms with van der Waals surface area (Å²) in [6.45, 7) is 5.14. The van der Waals surface area contributed by atoms with Gasteiger partial charge in [-0.25, -0.2) is 0 Å². The Bertz CT molecular complexity index is 710. The van der Waals surface area contributed by atoms with Crippen molar-refractivity contribution in [2.24, 2.45) is 0 Å². The molecule has 2 saturated heterocycles. The van der Waals surface area contributed by atoms with Crippen molar-refractivity contribution >= 4 is 17.2 Å². The Labute approximate surface area is 166 Å². The van der Waals surface area contributed by atoms with E-state index in [2.05, 4.69) is 53.2 Å². The minimum atomic E-state index is 0.241. The molecule has 2 aromatic rings. The van der Waals surface area contributed by atoms with Crippen molar-refractivity contribution in [3.63, 3.8) is 0 Å². The maximum atomic E-state index is 12.6. The Hall–Kier alpha value is -1.69. The summed E-state index contributed by atoms with van der Waals surface area (Å²) in [5.41, 5.74) is 1.41. The molecule has 4 rings (SSSR count). The number of benzene rings is 1. The first-order chi connectivity index (χ1) is 13.3. The molecule has 144 valence electrons. The summed E-state index contributed by atoms with van der Waals surface area (Å²) >= 11 is 1.83. The maximum absolute atomic E-state index is 12.6. The lowest BCUT2D eigenvalue weighted by molar-refractivity contribution is -0.919. The molecule has 4 nitrogen and oxygen atoms in total. The van der Waals surface area contributed by atoms with Gasteiger partial charge in [0.15, 0.2) is 6.54 Å². The van der Waals surface area contributed by atoms with Crippen LogP contribution in [0.4, 0.5) is 0 Å². The van der Waals surface area contributed by atoms with Gasteiger partial charge in [-0.2, -0.15) is 0 Å². The molecule has 0 saturated carbocycles. The summed E-state index contributed by atoms with van der Waals surface area (Å²) in [6.07, 6.45) is 4.63. The molecule has 1 aromatic carbocycles. The van der Waals surface area contributed by atoms with Gasteiger partial charge in [0, 0.05) is 37.3 Å². The second-order valence-corrected chi connectivity index (χ2v) is 9.03. The predicted octanol–water partition coefficient (Wildman–Crippen LogP) is 0.832. The third-order valence-corrected chi connectivity index (χ3v) is 7.10. The summed E-state index contributed by atoms with van der Waals surface area (Å²) < 4.78 is 0. The second-order valence-electron chi connectivity index (χ2n) is 8.05. The van der Waals surface area contributed by atoms with Gasteiger partial charge in [0.1, 0.15) is 12.6 Å². The third-order valence-electron chi connectivity index (χ3n) is 6.11. The second kappa shape index (κ2) is 9.00. The van der Waals surface area contributed by atoms with Crippen molar-refractivity contribution in [1.82, 2.24) is 5.32 Å². The molecular weight excluding hydrogens is 354 g/mol. The fraction of sp³-hybridized carbons (Fsp3) is 0.500. The van der Waals surface area contributed by atoms with Crippen molar-refractivity contribution in [3.05, 3.63) is 58.3 Å². The standard InChI is InChI=1S/C22H29N3OS/c26-22(17-25-12-4-8-20(25)21-9-5-15-27-21)23-19-10-13-24(14-11-19)16-18-6-2-1-3-7-18/h1-3,5-7,9,15,19-20H,4,8,10-14,16-17H2,(H,23,26)/p+2/t20-/m0/s1. The number of hydrogen-bond acceptors (Lipinski definition) is 2. The molecule has 0 aliphatic carbocycles. The summed E-state index contributed by atoms with van der Waals surface area (Å²) in [5, 5.41) is 5.48. The van der Waals surface area contributed by atoms with Gasteiger partial charge in [0.05, 0.1) is 24.5 Å². The Morgan fingerprint density at radius 2 is 1.85 bits per heavy atom. The van der Waals surface area contributed by atoms with E-state index in [0.717, 1.165) is 39.0 Å². The molecule has 27 heavy (non-hydrogen) atoms. The number of likely N-dealkylation sites (tertiary alicyclic amines) is 2. The molecule has 5 heteroatoms. The van der Waals surface area contributed by atoms with Crippen LogP contribution in [0.15, 0.2) is 47.8 Å². The van der Waals surface area contributed by atoms with E-state index in [4.69, 9.17) is 0 Å². The van der Waals surface area contributed by atoms with Crippen molar-refractivity contribution in [1.29, 1.82) is 0 Å². The molecule has 0 bridgehead atoms. The molecule has 0 spiro atoms. The fourth-order valence-electron chi connectivity index (χ4n) is 4.67. The number of carbonyl (C=O) groups is 1. The van der Waals surface area contributed by atoms with Crippen LogP contribution >= 0.6 is 11.3 Å². The smallest absolute Gasteiger partial charge is 0.275 e. The first kappa shape index (κ1) is 18.7. The average Bonchev–Trinajstić information content (AvgIpc) is 3.36. The highest BCUT2D eigenvalue weighted by atomic mass is 32.1. The zero-order valence-corrected chi connectivity index (χ0v) is 16.8. The van der Waals surface area contributed by atoms with Crippen LogP contribution in [0.1, 0.15) is 42.2 Å². The summed E-state index contributed by atoms with van der Waals surface area (Å²) in [4.78, 5) is 17.1. The van der Waals surface area contributed by atoms with Gasteiger partial charge >= 0.3 is 0 Å². The molecule has 1 aromatic heterocycles. The highest BCUT2D eigenvalue weighted by molar-refractivity contribution is 7.10. The minimum Gasteiger partial charge on any atom is -0.348 e. The lowest BCUT2D eigenvalue weighted by atomic mass is 10.0. The van der Waals surface area contributed by atoms with Crippen LogP contribution in [-0.4, -0.2) is 38.1 Å². The van der Waals surface area contributed by atoms with E-state index in [-0.39, 0.29) is 5.91 Å². The van der Waals surface area contributed by atoms with Crippen molar-refractivity contribution in [3.8, 4) is 0 Å². The summed E-state index contributed by atoms with van der Waals surface area (Å²) in [5.74, 6) is 0.241. The van der Waals surface area contributed by atoms with E-state index in [9.17, 15) is 4.79 Å². The molecule has 2 aliphatic rings. The molecule has 3 heterocycles. The zero-order chi connectivity index (χ0) is 18.5. The Morgan fingerprint density at radius 1 is 1.04 bits per heavy atom. The summed E-state index contributed by atoms with van der Waals surface area (Å²) in [6, 6.07) is 16.0. The van der Waals surface area contributed by atoms with Crippen molar-refractivity contribution < 1.29 is 14.6 Å². The van der Waals surface area contributed by atoms with E-state index >= 15 is 0 Å². The molecule has 2 atom stereocenters. The Kier molecular flexibility index (Phi) is 6.22. The van der Waals surface area contributed by atoms with Crippen LogP contribution in [-0.2, 0) is 11.3 Å². The number of carbonyl (C=O) groups excluding carboxylic acids is 1. The SMILES string of the molecule is O=C(C[NH+]1CCC[C@H]1c1cccs1)NC1CC[NH+](Cc2ccccc2)CC1. The fourth-order valence-corrected chi connectivity index (χ4v) is 5.59. The highest BCUT2D eigenvalue weighted by Gasteiger charge is 2.33. The number of piperidine rings is 1. The number of quaternary nitrogens is 2. The number of nitrogens with one attached hydrogen (secondary N) is 3. The lowest BCUT2D eigenvalue weighted by Crippen LogP contribution is -3.12. The third kappa shape index (κ3) is 4.98. The quantitative estimate of drug-likeness (QED) is 0.677. The van der Waals surface area contributed by atoms with Crippen LogP contribution in [0.2, 0.25) is 0 Å². The topological polar surface area (TPSA) is 38.0 Å². The molecule has 0 radical (unpaired) electrons. The van der Waals surface area contributed by atoms with Crippen LogP contribution in [0.5, 0.6) is 0 Å². The molecule has 1 amide bonds. The van der Waals surface area contributed by atoms with E-state index < -0.39 is 0 Å². The minimum absolute atomic E-state index is 0.241. The van der Waals surface area contributed by atoms with E-state index in [1.54, 1.807) is 4.90 Å². The van der Waals surface area contributed by atoms with Crippen LogP contribution in [0, 0.1) is 0 Å². The van der Waals surface area contributed by atoms with Gasteiger partial charge in [0.2, 0.25) is 0 Å². The molecular formula is C22H31N3OS+2. The van der Waals surface area contributed by atoms with Crippen molar-refractivity contribution in [2.45, 2.75) is 44.3 Å². The zero-order valence-electron chi connectivity index (χ0n) is 16.0.